The Morgan fingerprint density at radius 3 is 3.10 bits per heavy atom. The molecule has 1 aliphatic carbocycles. The van der Waals surface area contributed by atoms with Crippen molar-refractivity contribution < 1.29 is 4.74 Å². The summed E-state index contributed by atoms with van der Waals surface area (Å²) < 4.78 is 7.58. The van der Waals surface area contributed by atoms with Gasteiger partial charge in [-0.05, 0) is 18.6 Å². The highest BCUT2D eigenvalue weighted by atomic mass is 16.5. The summed E-state index contributed by atoms with van der Waals surface area (Å²) in [5, 5.41) is 17.1. The number of hydrogen-bond acceptors (Lipinski definition) is 5. The van der Waals surface area contributed by atoms with Gasteiger partial charge in [0.1, 0.15) is 17.4 Å². The molecule has 1 aromatic heterocycles. The molecule has 3 N–H and O–H groups in total. The van der Waals surface area contributed by atoms with Crippen LogP contribution in [0, 0.1) is 11.3 Å². The van der Waals surface area contributed by atoms with E-state index in [2.05, 4.69) is 21.5 Å². The van der Waals surface area contributed by atoms with E-state index in [1.165, 1.54) is 0 Å². The van der Waals surface area contributed by atoms with E-state index in [4.69, 9.17) is 10.5 Å². The number of nitriles is 1. The summed E-state index contributed by atoms with van der Waals surface area (Å²) in [6, 6.07) is 4.05. The highest BCUT2D eigenvalue weighted by molar-refractivity contribution is 5.83. The van der Waals surface area contributed by atoms with E-state index in [0.29, 0.717) is 36.9 Å². The van der Waals surface area contributed by atoms with E-state index in [-0.39, 0.29) is 11.5 Å². The van der Waals surface area contributed by atoms with Crippen LogP contribution >= 0.6 is 0 Å². The predicted molar refractivity (Wildman–Crippen MR) is 112 cm³/mol. The second-order valence-corrected chi connectivity index (χ2v) is 6.53. The van der Waals surface area contributed by atoms with E-state index in [0.717, 1.165) is 13.0 Å². The molecule has 2 heterocycles. The lowest BCUT2D eigenvalue weighted by Crippen LogP contribution is -2.38. The average molecular weight is 391 g/mol. The molecule has 2 aliphatic rings. The van der Waals surface area contributed by atoms with E-state index in [1.54, 1.807) is 6.20 Å². The van der Waals surface area contributed by atoms with Crippen LogP contribution in [0.5, 0.6) is 0 Å². The van der Waals surface area contributed by atoms with Gasteiger partial charge < -0.3 is 20.7 Å². The van der Waals surface area contributed by atoms with Gasteiger partial charge >= 0.3 is 0 Å². The fourth-order valence-electron chi connectivity index (χ4n) is 2.87. The maximum Gasteiger partial charge on any atom is 0.210 e. The number of allylic oxidation sites excluding steroid dienone is 6. The minimum atomic E-state index is 0.0710. The number of nitrogens with one attached hydrogen (secondary N) is 1. The molecule has 0 aromatic carbocycles. The fourth-order valence-corrected chi connectivity index (χ4v) is 2.87. The summed E-state index contributed by atoms with van der Waals surface area (Å²) in [6.45, 7) is 2.01. The molecule has 0 unspecified atom stereocenters. The zero-order valence-corrected chi connectivity index (χ0v) is 16.5. The first-order chi connectivity index (χ1) is 14.2. The van der Waals surface area contributed by atoms with Crippen molar-refractivity contribution in [1.82, 2.24) is 20.0 Å². The molecule has 0 amide bonds. The molecule has 1 aliphatic heterocycles. The normalized spacial score (nSPS) is 18.8. The lowest BCUT2D eigenvalue weighted by molar-refractivity contribution is 0.292. The van der Waals surface area contributed by atoms with Crippen molar-refractivity contribution >= 4 is 5.96 Å². The Balaban J connectivity index is 1.74. The Bertz CT molecular complexity index is 927. The molecule has 0 fully saturated rings. The average Bonchev–Trinajstić information content (AvgIpc) is 3.00. The number of aliphatic imine (C=N–C) groups is 1. The van der Waals surface area contributed by atoms with Crippen LogP contribution in [0.1, 0.15) is 12.8 Å². The Morgan fingerprint density at radius 2 is 2.31 bits per heavy atom. The van der Waals surface area contributed by atoms with E-state index < -0.39 is 0 Å². The van der Waals surface area contributed by atoms with E-state index in [9.17, 15) is 5.26 Å². The number of nitrogens with zero attached hydrogens (tertiary/aromatic N) is 5. The van der Waals surface area contributed by atoms with E-state index >= 15 is 0 Å². The van der Waals surface area contributed by atoms with Gasteiger partial charge in [-0.25, -0.2) is 0 Å². The number of guanidine groups is 1. The topological polar surface area (TPSA) is 104 Å². The van der Waals surface area contributed by atoms with Crippen LogP contribution in [0.2, 0.25) is 0 Å². The molecular weight excluding hydrogens is 366 g/mol. The molecule has 0 spiro atoms. The minimum Gasteiger partial charge on any atom is -0.444 e. The molecule has 0 bridgehead atoms. The Morgan fingerprint density at radius 1 is 1.41 bits per heavy atom. The maximum absolute atomic E-state index is 9.72. The van der Waals surface area contributed by atoms with Gasteiger partial charge in [0, 0.05) is 32.4 Å². The second-order valence-electron chi connectivity index (χ2n) is 6.53. The van der Waals surface area contributed by atoms with Crippen molar-refractivity contribution in [1.29, 1.82) is 5.26 Å². The van der Waals surface area contributed by atoms with Gasteiger partial charge in [-0.15, -0.1) is 0 Å². The van der Waals surface area contributed by atoms with Crippen LogP contribution in [0.15, 0.2) is 82.8 Å². The zero-order valence-electron chi connectivity index (χ0n) is 16.5. The third kappa shape index (κ3) is 5.62. The first-order valence-corrected chi connectivity index (χ1v) is 9.48. The minimum absolute atomic E-state index is 0.0710. The fraction of sp³-hybridized carbons (Fsp3) is 0.286. The number of nitrogens with two attached hydrogens (primary N) is 1. The molecule has 0 atom stereocenters. The van der Waals surface area contributed by atoms with Crippen molar-refractivity contribution in [3.05, 3.63) is 77.8 Å². The highest BCUT2D eigenvalue weighted by Crippen LogP contribution is 2.18. The molecule has 0 saturated heterocycles. The molecule has 8 heteroatoms. The summed E-state index contributed by atoms with van der Waals surface area (Å²) >= 11 is 0. The third-order valence-electron chi connectivity index (χ3n) is 4.40. The Hall–Kier alpha value is -3.73. The van der Waals surface area contributed by atoms with E-state index in [1.807, 2.05) is 65.3 Å². The lowest BCUT2D eigenvalue weighted by Gasteiger charge is -2.20. The van der Waals surface area contributed by atoms with Crippen LogP contribution in [0.4, 0.5) is 0 Å². The number of ether oxygens (including phenoxy) is 1. The van der Waals surface area contributed by atoms with Gasteiger partial charge in [0.15, 0.2) is 5.96 Å². The molecule has 0 radical (unpaired) electrons. The number of hydrogen-bond donors (Lipinski definition) is 2. The summed E-state index contributed by atoms with van der Waals surface area (Å²) in [5.41, 5.74) is 7.00. The SMILES string of the molecule is CN1CCC=C(/C(C#N)=C(/N)OC2=CC=CC=CC2)NC1=NCCn1cccn1. The van der Waals surface area contributed by atoms with Gasteiger partial charge in [-0.3, -0.25) is 9.67 Å². The van der Waals surface area contributed by atoms with Crippen LogP contribution < -0.4 is 11.1 Å². The lowest BCUT2D eigenvalue weighted by atomic mass is 10.2. The number of aromatic nitrogens is 2. The first kappa shape index (κ1) is 20.0. The van der Waals surface area contributed by atoms with Crippen molar-refractivity contribution in [3.8, 4) is 6.07 Å². The van der Waals surface area contributed by atoms with Crippen molar-refractivity contribution in [2.75, 3.05) is 20.1 Å². The summed E-state index contributed by atoms with van der Waals surface area (Å²) in [5.74, 6) is 1.43. The van der Waals surface area contributed by atoms with Crippen LogP contribution in [0.25, 0.3) is 0 Å². The summed E-state index contributed by atoms with van der Waals surface area (Å²) in [4.78, 5) is 6.66. The van der Waals surface area contributed by atoms with Crippen molar-refractivity contribution in [2.24, 2.45) is 10.7 Å². The van der Waals surface area contributed by atoms with Crippen LogP contribution in [-0.2, 0) is 11.3 Å². The molecule has 3 rings (SSSR count). The monoisotopic (exact) mass is 391 g/mol. The quantitative estimate of drug-likeness (QED) is 0.569. The van der Waals surface area contributed by atoms with Gasteiger partial charge in [-0.2, -0.15) is 10.4 Å². The van der Waals surface area contributed by atoms with Gasteiger partial charge in [-0.1, -0.05) is 30.4 Å². The van der Waals surface area contributed by atoms with Crippen LogP contribution in [0.3, 0.4) is 0 Å². The largest absolute Gasteiger partial charge is 0.444 e. The zero-order chi connectivity index (χ0) is 20.5. The molecular formula is C21H25N7O. The molecule has 0 saturated carbocycles. The van der Waals surface area contributed by atoms with Gasteiger partial charge in [0.05, 0.1) is 18.8 Å². The van der Waals surface area contributed by atoms with Crippen molar-refractivity contribution in [2.45, 2.75) is 19.4 Å². The van der Waals surface area contributed by atoms with Gasteiger partial charge in [0.25, 0.3) is 0 Å². The van der Waals surface area contributed by atoms with Crippen LogP contribution in [-0.4, -0.2) is 40.8 Å². The Kier molecular flexibility index (Phi) is 6.90. The second kappa shape index (κ2) is 9.99. The van der Waals surface area contributed by atoms with Crippen molar-refractivity contribution in [3.63, 3.8) is 0 Å². The number of rotatable bonds is 6. The van der Waals surface area contributed by atoms with Gasteiger partial charge in [0.2, 0.25) is 5.88 Å². The Labute approximate surface area is 170 Å². The molecule has 29 heavy (non-hydrogen) atoms. The predicted octanol–water partition coefficient (Wildman–Crippen LogP) is 2.16. The highest BCUT2D eigenvalue weighted by Gasteiger charge is 2.18. The first-order valence-electron chi connectivity index (χ1n) is 9.48. The summed E-state index contributed by atoms with van der Waals surface area (Å²) in [6.07, 6.45) is 16.5. The molecule has 1 aromatic rings. The molecule has 8 nitrogen and oxygen atoms in total. The maximum atomic E-state index is 9.72. The molecule has 150 valence electrons. The third-order valence-corrected chi connectivity index (χ3v) is 4.40. The smallest absolute Gasteiger partial charge is 0.210 e. The summed E-state index contributed by atoms with van der Waals surface area (Å²) in [7, 11) is 1.96. The standard InChI is InChI=1S/C21H25N7O/c1-27-13-6-10-19(26-21(27)24-12-15-28-14-7-11-25-28)18(16-22)20(23)29-17-8-4-2-3-5-9-17/h2-5,7-8,10-11,14H,6,9,12-13,15,23H2,1H3,(H,24,26)/b20-18-.